The molecule has 3 rings (SSSR count). The van der Waals surface area contributed by atoms with E-state index in [9.17, 15) is 9.59 Å². The summed E-state index contributed by atoms with van der Waals surface area (Å²) in [6, 6.07) is 0.0608. The van der Waals surface area contributed by atoms with Gasteiger partial charge in [0.25, 0.3) is 0 Å². The van der Waals surface area contributed by atoms with Crippen molar-refractivity contribution < 1.29 is 14.3 Å². The number of carbonyl (C=O) groups excluding carboxylic acids is 2. The molecule has 0 aromatic heterocycles. The highest BCUT2D eigenvalue weighted by molar-refractivity contribution is 5.90. The molecule has 4 heteroatoms. The third-order valence-electron chi connectivity index (χ3n) is 7.43. The fourth-order valence-corrected chi connectivity index (χ4v) is 6.12. The van der Waals surface area contributed by atoms with Crippen molar-refractivity contribution in [3.63, 3.8) is 0 Å². The van der Waals surface area contributed by atoms with E-state index in [1.807, 2.05) is 6.92 Å². The lowest BCUT2D eigenvalue weighted by Crippen LogP contribution is -2.41. The molecule has 1 N–H and O–H groups in total. The Balaban J connectivity index is 1.73. The summed E-state index contributed by atoms with van der Waals surface area (Å²) in [5.74, 6) is 1.04. The van der Waals surface area contributed by atoms with Crippen LogP contribution in [0.3, 0.4) is 0 Å². The average Bonchev–Trinajstić information content (AvgIpc) is 2.95. The van der Waals surface area contributed by atoms with Crippen LogP contribution in [-0.2, 0) is 14.3 Å². The molecule has 0 spiro atoms. The maximum absolute atomic E-state index is 13.6. The Hall–Kier alpha value is -0.900. The molecule has 3 aliphatic rings. The van der Waals surface area contributed by atoms with Gasteiger partial charge in [0.15, 0.2) is 0 Å². The molecule has 6 unspecified atom stereocenters. The molecule has 0 radical (unpaired) electrons. The lowest BCUT2D eigenvalue weighted by Gasteiger charge is -2.36. The van der Waals surface area contributed by atoms with Gasteiger partial charge in [-0.15, -0.1) is 0 Å². The van der Waals surface area contributed by atoms with E-state index in [2.05, 4.69) is 12.2 Å². The summed E-state index contributed by atoms with van der Waals surface area (Å²) in [4.78, 5) is 25.9. The normalized spacial score (nSPS) is 38.9. The van der Waals surface area contributed by atoms with Crippen molar-refractivity contribution in [1.29, 1.82) is 0 Å². The molecule has 4 nitrogen and oxygen atoms in total. The lowest BCUT2D eigenvalue weighted by atomic mass is 9.67. The van der Waals surface area contributed by atoms with Gasteiger partial charge in [-0.3, -0.25) is 9.59 Å². The maximum Gasteiger partial charge on any atom is 0.311 e. The summed E-state index contributed by atoms with van der Waals surface area (Å²) in [5, 5.41) is 3.43. The molecule has 1 saturated heterocycles. The third kappa shape index (κ3) is 4.16. The van der Waals surface area contributed by atoms with Crippen LogP contribution in [0.2, 0.25) is 0 Å². The largest absolute Gasteiger partial charge is 0.469 e. The van der Waals surface area contributed by atoms with Crippen molar-refractivity contribution >= 4 is 11.8 Å². The molecule has 26 heavy (non-hydrogen) atoms. The first-order valence-corrected chi connectivity index (χ1v) is 10.9. The minimum Gasteiger partial charge on any atom is -0.469 e. The van der Waals surface area contributed by atoms with Crippen molar-refractivity contribution in [1.82, 2.24) is 5.32 Å². The Morgan fingerprint density at radius 3 is 2.19 bits per heavy atom. The molecule has 0 aromatic rings. The molecule has 2 saturated carbocycles. The minimum absolute atomic E-state index is 0.00628. The monoisotopic (exact) mass is 363 g/mol. The zero-order chi connectivity index (χ0) is 18.7. The molecule has 3 fully saturated rings. The highest BCUT2D eigenvalue weighted by Gasteiger charge is 2.50. The highest BCUT2D eigenvalue weighted by Crippen LogP contribution is 2.42. The van der Waals surface area contributed by atoms with Crippen molar-refractivity contribution in [3.05, 3.63) is 0 Å². The predicted octanol–water partition coefficient (Wildman–Crippen LogP) is 4.12. The van der Waals surface area contributed by atoms with Crippen LogP contribution < -0.4 is 5.32 Å². The number of hydrogen-bond donors (Lipinski definition) is 1. The van der Waals surface area contributed by atoms with E-state index in [4.69, 9.17) is 4.74 Å². The fraction of sp³-hybridized carbons (Fsp3) is 0.909. The van der Waals surface area contributed by atoms with Gasteiger partial charge in [0.1, 0.15) is 5.78 Å². The number of ether oxygens (including phenoxy) is 1. The van der Waals surface area contributed by atoms with E-state index in [1.54, 1.807) is 0 Å². The molecular weight excluding hydrogens is 326 g/mol. The standard InChI is InChI=1S/C22H37NO3/c1-14-19(20(15(2)23-14)22(25)26-3)21(24)18-12-8-7-11-17(18)13-16-9-5-4-6-10-16/h14-20,23H,4-13H2,1-3H3. The number of esters is 1. The van der Waals surface area contributed by atoms with E-state index in [1.165, 1.54) is 58.5 Å². The van der Waals surface area contributed by atoms with E-state index < -0.39 is 0 Å². The number of rotatable bonds is 5. The summed E-state index contributed by atoms with van der Waals surface area (Å²) < 4.78 is 5.04. The van der Waals surface area contributed by atoms with Gasteiger partial charge in [-0.25, -0.2) is 0 Å². The summed E-state index contributed by atoms with van der Waals surface area (Å²) in [6.45, 7) is 4.06. The SMILES string of the molecule is COC(=O)C1C(C)NC(C)C1C(=O)C1CCCCC1CC1CCCCC1. The molecule has 1 heterocycles. The first-order chi connectivity index (χ1) is 12.5. The topological polar surface area (TPSA) is 55.4 Å². The van der Waals surface area contributed by atoms with Crippen LogP contribution >= 0.6 is 0 Å². The molecule has 1 aliphatic heterocycles. The van der Waals surface area contributed by atoms with Gasteiger partial charge in [-0.05, 0) is 44.9 Å². The highest BCUT2D eigenvalue weighted by atomic mass is 16.5. The summed E-state index contributed by atoms with van der Waals surface area (Å²) in [5.41, 5.74) is 0. The number of hydrogen-bond acceptors (Lipinski definition) is 4. The molecule has 6 atom stereocenters. The maximum atomic E-state index is 13.6. The van der Waals surface area contributed by atoms with Crippen molar-refractivity contribution in [2.24, 2.45) is 29.6 Å². The van der Waals surface area contributed by atoms with Gasteiger partial charge in [-0.1, -0.05) is 44.9 Å². The second kappa shape index (κ2) is 8.86. The van der Waals surface area contributed by atoms with Crippen LogP contribution in [-0.4, -0.2) is 30.9 Å². The third-order valence-corrected chi connectivity index (χ3v) is 7.43. The number of ketones is 1. The van der Waals surface area contributed by atoms with Crippen LogP contribution in [0.25, 0.3) is 0 Å². The van der Waals surface area contributed by atoms with Gasteiger partial charge >= 0.3 is 5.97 Å². The van der Waals surface area contributed by atoms with Crippen LogP contribution in [0.1, 0.15) is 78.1 Å². The Kier molecular flexibility index (Phi) is 6.76. The summed E-state index contributed by atoms with van der Waals surface area (Å²) >= 11 is 0. The fourth-order valence-electron chi connectivity index (χ4n) is 6.12. The summed E-state index contributed by atoms with van der Waals surface area (Å²) in [7, 11) is 1.44. The average molecular weight is 364 g/mol. The van der Waals surface area contributed by atoms with Gasteiger partial charge in [-0.2, -0.15) is 0 Å². The van der Waals surface area contributed by atoms with E-state index in [0.29, 0.717) is 11.7 Å². The quantitative estimate of drug-likeness (QED) is 0.747. The number of nitrogens with one attached hydrogen (secondary N) is 1. The van der Waals surface area contributed by atoms with Crippen LogP contribution in [0.5, 0.6) is 0 Å². The predicted molar refractivity (Wildman–Crippen MR) is 103 cm³/mol. The van der Waals surface area contributed by atoms with Gasteiger partial charge in [0, 0.05) is 23.9 Å². The molecule has 0 amide bonds. The van der Waals surface area contributed by atoms with E-state index >= 15 is 0 Å². The zero-order valence-corrected chi connectivity index (χ0v) is 16.8. The van der Waals surface area contributed by atoms with Crippen molar-refractivity contribution in [2.45, 2.75) is 90.1 Å². The van der Waals surface area contributed by atoms with Crippen molar-refractivity contribution in [3.8, 4) is 0 Å². The molecule has 148 valence electrons. The number of methoxy groups -OCH3 is 1. The Bertz CT molecular complexity index is 500. The minimum atomic E-state index is -0.334. The summed E-state index contributed by atoms with van der Waals surface area (Å²) in [6.07, 6.45) is 12.7. The Morgan fingerprint density at radius 2 is 1.50 bits per heavy atom. The molecular formula is C22H37NO3. The van der Waals surface area contributed by atoms with Crippen LogP contribution in [0, 0.1) is 29.6 Å². The number of carbonyl (C=O) groups is 2. The van der Waals surface area contributed by atoms with Crippen LogP contribution in [0.15, 0.2) is 0 Å². The van der Waals surface area contributed by atoms with E-state index in [0.717, 1.165) is 18.8 Å². The second-order valence-corrected chi connectivity index (χ2v) is 9.11. The number of Topliss-reactive ketones (excluding diaryl/α,β-unsaturated/α-hetero) is 1. The molecule has 0 bridgehead atoms. The lowest BCUT2D eigenvalue weighted by molar-refractivity contribution is -0.150. The molecule has 0 aromatic carbocycles. The second-order valence-electron chi connectivity index (χ2n) is 9.11. The van der Waals surface area contributed by atoms with Gasteiger partial charge < -0.3 is 10.1 Å². The van der Waals surface area contributed by atoms with Crippen molar-refractivity contribution in [2.75, 3.05) is 7.11 Å². The zero-order valence-electron chi connectivity index (χ0n) is 16.8. The smallest absolute Gasteiger partial charge is 0.311 e. The Labute approximate surface area is 158 Å². The van der Waals surface area contributed by atoms with Crippen LogP contribution in [0.4, 0.5) is 0 Å². The Morgan fingerprint density at radius 1 is 0.885 bits per heavy atom. The van der Waals surface area contributed by atoms with Gasteiger partial charge in [0.05, 0.1) is 13.0 Å². The van der Waals surface area contributed by atoms with E-state index in [-0.39, 0.29) is 35.8 Å². The van der Waals surface area contributed by atoms with Gasteiger partial charge in [0.2, 0.25) is 0 Å². The first kappa shape index (κ1) is 19.9. The first-order valence-electron chi connectivity index (χ1n) is 10.9. The molecule has 2 aliphatic carbocycles.